The lowest BCUT2D eigenvalue weighted by Crippen LogP contribution is -2.05. The van der Waals surface area contributed by atoms with E-state index in [0.717, 1.165) is 32.4 Å². The van der Waals surface area contributed by atoms with Crippen LogP contribution < -0.4 is 4.74 Å². The number of methoxy groups -OCH3 is 1. The molecular formula is C21H23BrN2O3. The molecule has 0 N–H and O–H groups in total. The molecule has 0 aliphatic rings. The highest BCUT2D eigenvalue weighted by molar-refractivity contribution is 9.10. The maximum Gasteiger partial charge on any atom is 0.305 e. The average Bonchev–Trinajstić information content (AvgIpc) is 3.03. The zero-order valence-corrected chi connectivity index (χ0v) is 17.3. The Morgan fingerprint density at radius 3 is 2.74 bits per heavy atom. The molecule has 1 heterocycles. The molecule has 0 unspecified atom stereocenters. The van der Waals surface area contributed by atoms with Gasteiger partial charge in [0.15, 0.2) is 0 Å². The van der Waals surface area contributed by atoms with Crippen LogP contribution in [0.15, 0.2) is 46.9 Å². The van der Waals surface area contributed by atoms with E-state index in [1.165, 1.54) is 7.11 Å². The minimum Gasteiger partial charge on any atom is -0.487 e. The lowest BCUT2D eigenvalue weighted by molar-refractivity contribution is -0.140. The lowest BCUT2D eigenvalue weighted by Gasteiger charge is -2.10. The van der Waals surface area contributed by atoms with Gasteiger partial charge < -0.3 is 9.47 Å². The van der Waals surface area contributed by atoms with Crippen molar-refractivity contribution in [1.29, 1.82) is 0 Å². The van der Waals surface area contributed by atoms with Crippen LogP contribution in [0.2, 0.25) is 0 Å². The highest BCUT2D eigenvalue weighted by Gasteiger charge is 2.14. The summed E-state index contributed by atoms with van der Waals surface area (Å²) in [7, 11) is 1.40. The summed E-state index contributed by atoms with van der Waals surface area (Å²) in [5, 5.41) is 5.83. The fraction of sp³-hybridized carbons (Fsp3) is 0.333. The Morgan fingerprint density at radius 1 is 1.22 bits per heavy atom. The van der Waals surface area contributed by atoms with Crippen molar-refractivity contribution in [2.24, 2.45) is 0 Å². The van der Waals surface area contributed by atoms with Gasteiger partial charge in [-0.1, -0.05) is 34.1 Å². The monoisotopic (exact) mass is 430 g/mol. The molecule has 0 aliphatic heterocycles. The van der Waals surface area contributed by atoms with E-state index in [9.17, 15) is 4.79 Å². The molecule has 6 heteroatoms. The van der Waals surface area contributed by atoms with E-state index < -0.39 is 0 Å². The minimum atomic E-state index is -0.226. The van der Waals surface area contributed by atoms with Crippen LogP contribution in [0.3, 0.4) is 0 Å². The van der Waals surface area contributed by atoms with Gasteiger partial charge in [-0.25, -0.2) is 0 Å². The Morgan fingerprint density at radius 2 is 2.00 bits per heavy atom. The number of hydrogen-bond acceptors (Lipinski definition) is 4. The van der Waals surface area contributed by atoms with Crippen LogP contribution in [0.5, 0.6) is 5.75 Å². The summed E-state index contributed by atoms with van der Waals surface area (Å²) in [6.07, 6.45) is 0.907. The Balaban J connectivity index is 1.83. The van der Waals surface area contributed by atoms with Gasteiger partial charge in [0, 0.05) is 22.3 Å². The topological polar surface area (TPSA) is 53.4 Å². The van der Waals surface area contributed by atoms with Crippen molar-refractivity contribution < 1.29 is 14.3 Å². The summed E-state index contributed by atoms with van der Waals surface area (Å²) in [6, 6.07) is 14.2. The number of rotatable bonds is 7. The van der Waals surface area contributed by atoms with E-state index in [2.05, 4.69) is 41.9 Å². The molecule has 0 radical (unpaired) electrons. The lowest BCUT2D eigenvalue weighted by atomic mass is 10.1. The summed E-state index contributed by atoms with van der Waals surface area (Å²) < 4.78 is 13.8. The molecule has 0 bridgehead atoms. The molecule has 3 rings (SSSR count). The number of carbonyl (C=O) groups excluding carboxylic acids is 1. The van der Waals surface area contributed by atoms with Crippen molar-refractivity contribution in [2.75, 3.05) is 7.11 Å². The number of ether oxygens (including phenoxy) is 2. The Kier molecular flexibility index (Phi) is 6.16. The quantitative estimate of drug-likeness (QED) is 0.491. The molecule has 0 saturated carbocycles. The van der Waals surface area contributed by atoms with Crippen LogP contribution in [0.25, 0.3) is 10.9 Å². The van der Waals surface area contributed by atoms with Gasteiger partial charge >= 0.3 is 5.97 Å². The molecule has 142 valence electrons. The van der Waals surface area contributed by atoms with Crippen molar-refractivity contribution >= 4 is 32.8 Å². The molecule has 0 fully saturated rings. The fourth-order valence-corrected chi connectivity index (χ4v) is 3.37. The Bertz CT molecular complexity index is 950. The first kappa shape index (κ1) is 19.4. The molecule has 0 spiro atoms. The summed E-state index contributed by atoms with van der Waals surface area (Å²) in [6.45, 7) is 4.59. The van der Waals surface area contributed by atoms with Crippen molar-refractivity contribution in [2.45, 2.75) is 39.3 Å². The number of aryl methyl sites for hydroxylation is 1. The first-order valence-electron chi connectivity index (χ1n) is 8.93. The van der Waals surface area contributed by atoms with Crippen molar-refractivity contribution in [1.82, 2.24) is 9.78 Å². The third-order valence-electron chi connectivity index (χ3n) is 4.40. The molecule has 27 heavy (non-hydrogen) atoms. The maximum atomic E-state index is 11.4. The van der Waals surface area contributed by atoms with Gasteiger partial charge in [-0.05, 0) is 50.1 Å². The van der Waals surface area contributed by atoms with Gasteiger partial charge in [0.05, 0.1) is 12.6 Å². The van der Waals surface area contributed by atoms with Gasteiger partial charge in [0.25, 0.3) is 0 Å². The van der Waals surface area contributed by atoms with Crippen molar-refractivity contribution in [3.63, 3.8) is 0 Å². The van der Waals surface area contributed by atoms with Crippen molar-refractivity contribution in [3.05, 3.63) is 58.2 Å². The Hall–Kier alpha value is -2.34. The second kappa shape index (κ2) is 8.57. The number of aromatic nitrogens is 2. The smallest absolute Gasteiger partial charge is 0.305 e. The number of benzene rings is 2. The van der Waals surface area contributed by atoms with E-state index >= 15 is 0 Å². The van der Waals surface area contributed by atoms with E-state index in [-0.39, 0.29) is 12.0 Å². The maximum absolute atomic E-state index is 11.4. The van der Waals surface area contributed by atoms with Gasteiger partial charge in [-0.3, -0.25) is 9.48 Å². The Labute approximate surface area is 167 Å². The zero-order valence-electron chi connectivity index (χ0n) is 15.7. The van der Waals surface area contributed by atoms with Gasteiger partial charge in [0.1, 0.15) is 18.1 Å². The number of fused-ring (bicyclic) bond motifs is 1. The summed E-state index contributed by atoms with van der Waals surface area (Å²) in [4.78, 5) is 11.4. The molecule has 2 aromatic carbocycles. The third kappa shape index (κ3) is 4.50. The van der Waals surface area contributed by atoms with E-state index in [1.54, 1.807) is 0 Å². The SMILES string of the molecule is COC(=O)CCc1ccccc1OCc1nn(C(C)C)c2ccc(Br)cc12. The third-order valence-corrected chi connectivity index (χ3v) is 4.89. The van der Waals surface area contributed by atoms with Crippen molar-refractivity contribution in [3.8, 4) is 5.75 Å². The van der Waals surface area contributed by atoms with E-state index in [1.807, 2.05) is 35.0 Å². The van der Waals surface area contributed by atoms with Gasteiger partial charge in [0.2, 0.25) is 0 Å². The second-order valence-corrected chi connectivity index (χ2v) is 7.53. The molecule has 0 amide bonds. The highest BCUT2D eigenvalue weighted by atomic mass is 79.9. The number of para-hydroxylation sites is 1. The molecule has 0 aliphatic carbocycles. The van der Waals surface area contributed by atoms with Crippen LogP contribution in [-0.4, -0.2) is 22.9 Å². The average molecular weight is 431 g/mol. The second-order valence-electron chi connectivity index (χ2n) is 6.62. The minimum absolute atomic E-state index is 0.226. The number of carbonyl (C=O) groups is 1. The van der Waals surface area contributed by atoms with Crippen LogP contribution in [0.1, 0.15) is 37.6 Å². The number of halogens is 1. The number of nitrogens with zero attached hydrogens (tertiary/aromatic N) is 2. The summed E-state index contributed by atoms with van der Waals surface area (Å²) in [5.74, 6) is 0.542. The standard InChI is InChI=1S/C21H23BrN2O3/c1-14(2)24-19-10-9-16(22)12-17(19)18(23-24)13-27-20-7-5-4-6-15(20)8-11-21(25)26-3/h4-7,9-10,12,14H,8,11,13H2,1-3H3. The van der Waals surface area contributed by atoms with Crippen LogP contribution in [0, 0.1) is 0 Å². The van der Waals surface area contributed by atoms with Gasteiger partial charge in [-0.15, -0.1) is 0 Å². The predicted molar refractivity (Wildman–Crippen MR) is 109 cm³/mol. The van der Waals surface area contributed by atoms with Gasteiger partial charge in [-0.2, -0.15) is 5.10 Å². The van der Waals surface area contributed by atoms with Crippen LogP contribution in [0.4, 0.5) is 0 Å². The molecule has 0 saturated heterocycles. The largest absolute Gasteiger partial charge is 0.487 e. The summed E-state index contributed by atoms with van der Waals surface area (Å²) >= 11 is 3.54. The molecule has 0 atom stereocenters. The first-order chi connectivity index (χ1) is 13.0. The molecule has 1 aromatic heterocycles. The van der Waals surface area contributed by atoms with Crippen LogP contribution in [-0.2, 0) is 22.6 Å². The number of esters is 1. The molecular weight excluding hydrogens is 408 g/mol. The molecule has 5 nitrogen and oxygen atoms in total. The first-order valence-corrected chi connectivity index (χ1v) is 9.73. The number of hydrogen-bond donors (Lipinski definition) is 0. The van der Waals surface area contributed by atoms with E-state index in [4.69, 9.17) is 14.6 Å². The fourth-order valence-electron chi connectivity index (χ4n) is 3.01. The van der Waals surface area contributed by atoms with Crippen LogP contribution >= 0.6 is 15.9 Å². The normalized spacial score (nSPS) is 11.1. The zero-order chi connectivity index (χ0) is 19.4. The highest BCUT2D eigenvalue weighted by Crippen LogP contribution is 2.27. The predicted octanol–water partition coefficient (Wildman–Crippen LogP) is 5.06. The van der Waals surface area contributed by atoms with E-state index in [0.29, 0.717) is 19.4 Å². The summed E-state index contributed by atoms with van der Waals surface area (Å²) in [5.41, 5.74) is 2.96. The molecule has 3 aromatic rings.